The molecule has 0 bridgehead atoms. The van der Waals surface area contributed by atoms with Crippen molar-refractivity contribution in [1.82, 2.24) is 0 Å². The third-order valence-electron chi connectivity index (χ3n) is 2.94. The summed E-state index contributed by atoms with van der Waals surface area (Å²) in [6.07, 6.45) is -0.776. The van der Waals surface area contributed by atoms with Gasteiger partial charge in [-0.05, 0) is 31.2 Å². The quantitative estimate of drug-likeness (QED) is 0.856. The van der Waals surface area contributed by atoms with Crippen LogP contribution in [-0.4, -0.2) is 24.4 Å². The molecule has 0 aromatic heterocycles. The van der Waals surface area contributed by atoms with E-state index in [0.29, 0.717) is 5.75 Å². The fourth-order valence-corrected chi connectivity index (χ4v) is 2.00. The maximum atomic E-state index is 13.5. The number of anilines is 1. The summed E-state index contributed by atoms with van der Waals surface area (Å²) < 4.78 is 19.0. The third-order valence-corrected chi connectivity index (χ3v) is 3.26. The number of rotatable bonds is 6. The molecule has 0 spiro atoms. The van der Waals surface area contributed by atoms with E-state index in [-0.39, 0.29) is 23.9 Å². The van der Waals surface area contributed by atoms with Crippen molar-refractivity contribution in [3.63, 3.8) is 0 Å². The SMILES string of the molecule is Cc1ccc(OCC(O)CNc2c(F)cccc2Cl)cc1. The molecule has 0 saturated heterocycles. The first-order chi connectivity index (χ1) is 10.1. The largest absolute Gasteiger partial charge is 0.491 e. The normalized spacial score (nSPS) is 12.0. The van der Waals surface area contributed by atoms with E-state index in [0.717, 1.165) is 5.56 Å². The Labute approximate surface area is 128 Å². The van der Waals surface area contributed by atoms with Crippen molar-refractivity contribution in [2.24, 2.45) is 0 Å². The lowest BCUT2D eigenvalue weighted by Gasteiger charge is -2.15. The second kappa shape index (κ2) is 7.29. The average molecular weight is 310 g/mol. The summed E-state index contributed by atoms with van der Waals surface area (Å²) in [6.45, 7) is 2.25. The summed E-state index contributed by atoms with van der Waals surface area (Å²) in [5.41, 5.74) is 1.33. The number of para-hydroxylation sites is 1. The van der Waals surface area contributed by atoms with Crippen molar-refractivity contribution in [2.75, 3.05) is 18.5 Å². The molecule has 2 aromatic carbocycles. The summed E-state index contributed by atoms with van der Waals surface area (Å²) >= 11 is 5.89. The Morgan fingerprint density at radius 2 is 1.95 bits per heavy atom. The molecule has 3 nitrogen and oxygen atoms in total. The van der Waals surface area contributed by atoms with Crippen LogP contribution in [0.2, 0.25) is 5.02 Å². The van der Waals surface area contributed by atoms with Crippen LogP contribution in [0.1, 0.15) is 5.56 Å². The summed E-state index contributed by atoms with van der Waals surface area (Å²) in [5, 5.41) is 12.9. The van der Waals surface area contributed by atoms with Gasteiger partial charge in [0.2, 0.25) is 0 Å². The zero-order valence-electron chi connectivity index (χ0n) is 11.6. The summed E-state index contributed by atoms with van der Waals surface area (Å²) in [7, 11) is 0. The van der Waals surface area contributed by atoms with Gasteiger partial charge < -0.3 is 15.2 Å². The predicted molar refractivity (Wildman–Crippen MR) is 82.6 cm³/mol. The van der Waals surface area contributed by atoms with Crippen LogP contribution in [0.5, 0.6) is 5.75 Å². The van der Waals surface area contributed by atoms with Crippen molar-refractivity contribution in [3.8, 4) is 5.75 Å². The molecule has 0 aliphatic rings. The number of hydrogen-bond donors (Lipinski definition) is 2. The van der Waals surface area contributed by atoms with Crippen LogP contribution in [-0.2, 0) is 0 Å². The highest BCUT2D eigenvalue weighted by molar-refractivity contribution is 6.33. The van der Waals surface area contributed by atoms with Gasteiger partial charge in [-0.3, -0.25) is 0 Å². The van der Waals surface area contributed by atoms with E-state index in [1.165, 1.54) is 12.1 Å². The van der Waals surface area contributed by atoms with Crippen LogP contribution in [0, 0.1) is 12.7 Å². The first-order valence-corrected chi connectivity index (χ1v) is 6.99. The van der Waals surface area contributed by atoms with Gasteiger partial charge in [-0.25, -0.2) is 4.39 Å². The Hall–Kier alpha value is -1.78. The molecule has 5 heteroatoms. The lowest BCUT2D eigenvalue weighted by molar-refractivity contribution is 0.117. The Bertz CT molecular complexity index is 569. The smallest absolute Gasteiger partial charge is 0.147 e. The zero-order valence-corrected chi connectivity index (χ0v) is 12.4. The maximum Gasteiger partial charge on any atom is 0.147 e. The molecule has 2 N–H and O–H groups in total. The van der Waals surface area contributed by atoms with Gasteiger partial charge in [0.1, 0.15) is 24.3 Å². The van der Waals surface area contributed by atoms with Gasteiger partial charge in [-0.15, -0.1) is 0 Å². The molecule has 0 aliphatic heterocycles. The maximum absolute atomic E-state index is 13.5. The van der Waals surface area contributed by atoms with Gasteiger partial charge in [0.25, 0.3) is 0 Å². The standard InChI is InChI=1S/C16H17ClFNO2/c1-11-5-7-13(8-6-11)21-10-12(20)9-19-16-14(17)3-2-4-15(16)18/h2-8,12,19-20H,9-10H2,1H3. The minimum Gasteiger partial charge on any atom is -0.491 e. The van der Waals surface area contributed by atoms with Gasteiger partial charge in [-0.2, -0.15) is 0 Å². The van der Waals surface area contributed by atoms with Gasteiger partial charge in [0.15, 0.2) is 0 Å². The molecule has 1 atom stereocenters. The highest BCUT2D eigenvalue weighted by Gasteiger charge is 2.10. The molecule has 21 heavy (non-hydrogen) atoms. The Morgan fingerprint density at radius 3 is 2.62 bits per heavy atom. The van der Waals surface area contributed by atoms with E-state index < -0.39 is 11.9 Å². The van der Waals surface area contributed by atoms with Crippen LogP contribution >= 0.6 is 11.6 Å². The number of aryl methyl sites for hydroxylation is 1. The first kappa shape index (κ1) is 15.6. The monoisotopic (exact) mass is 309 g/mol. The molecule has 0 aliphatic carbocycles. The summed E-state index contributed by atoms with van der Waals surface area (Å²) in [6, 6.07) is 12.0. The van der Waals surface area contributed by atoms with Crippen molar-refractivity contribution < 1.29 is 14.2 Å². The van der Waals surface area contributed by atoms with E-state index in [2.05, 4.69) is 5.32 Å². The fourth-order valence-electron chi connectivity index (χ4n) is 1.77. The molecule has 2 aromatic rings. The number of benzene rings is 2. The number of aliphatic hydroxyl groups excluding tert-OH is 1. The summed E-state index contributed by atoms with van der Waals surface area (Å²) in [4.78, 5) is 0. The molecule has 112 valence electrons. The van der Waals surface area contributed by atoms with Crippen molar-refractivity contribution >= 4 is 17.3 Å². The fraction of sp³-hybridized carbons (Fsp3) is 0.250. The van der Waals surface area contributed by atoms with Crippen molar-refractivity contribution in [3.05, 3.63) is 58.9 Å². The lowest BCUT2D eigenvalue weighted by Crippen LogP contribution is -2.26. The molecule has 2 rings (SSSR count). The van der Waals surface area contributed by atoms with Crippen LogP contribution in [0.15, 0.2) is 42.5 Å². The molecular formula is C16H17ClFNO2. The van der Waals surface area contributed by atoms with Crippen molar-refractivity contribution in [1.29, 1.82) is 0 Å². The van der Waals surface area contributed by atoms with E-state index in [9.17, 15) is 9.50 Å². The highest BCUT2D eigenvalue weighted by atomic mass is 35.5. The minimum atomic E-state index is -0.776. The van der Waals surface area contributed by atoms with Gasteiger partial charge in [-0.1, -0.05) is 35.4 Å². The van der Waals surface area contributed by atoms with E-state index in [1.807, 2.05) is 31.2 Å². The Kier molecular flexibility index (Phi) is 5.42. The average Bonchev–Trinajstić information content (AvgIpc) is 2.46. The highest BCUT2D eigenvalue weighted by Crippen LogP contribution is 2.24. The molecule has 0 radical (unpaired) electrons. The molecule has 0 saturated carbocycles. The van der Waals surface area contributed by atoms with E-state index >= 15 is 0 Å². The zero-order chi connectivity index (χ0) is 15.2. The van der Waals surface area contributed by atoms with Crippen LogP contribution < -0.4 is 10.1 Å². The van der Waals surface area contributed by atoms with Crippen LogP contribution in [0.25, 0.3) is 0 Å². The number of aliphatic hydroxyl groups is 1. The summed E-state index contributed by atoms with van der Waals surface area (Å²) in [5.74, 6) is 0.234. The topological polar surface area (TPSA) is 41.5 Å². The molecule has 0 heterocycles. The second-order valence-corrected chi connectivity index (χ2v) is 5.16. The molecule has 0 amide bonds. The predicted octanol–water partition coefficient (Wildman–Crippen LogP) is 3.64. The van der Waals surface area contributed by atoms with Crippen molar-refractivity contribution in [2.45, 2.75) is 13.0 Å². The number of nitrogens with one attached hydrogen (secondary N) is 1. The van der Waals surface area contributed by atoms with Gasteiger partial charge in [0, 0.05) is 6.54 Å². The lowest BCUT2D eigenvalue weighted by atomic mass is 10.2. The van der Waals surface area contributed by atoms with Gasteiger partial charge >= 0.3 is 0 Å². The second-order valence-electron chi connectivity index (χ2n) is 4.76. The minimum absolute atomic E-state index is 0.113. The molecule has 1 unspecified atom stereocenters. The Morgan fingerprint density at radius 1 is 1.24 bits per heavy atom. The number of halogens is 2. The van der Waals surface area contributed by atoms with Gasteiger partial charge in [0.05, 0.1) is 10.7 Å². The van der Waals surface area contributed by atoms with Crippen LogP contribution in [0.3, 0.4) is 0 Å². The third kappa shape index (κ3) is 4.62. The van der Waals surface area contributed by atoms with E-state index in [1.54, 1.807) is 6.07 Å². The molecule has 0 fully saturated rings. The van der Waals surface area contributed by atoms with E-state index in [4.69, 9.17) is 16.3 Å². The number of hydrogen-bond acceptors (Lipinski definition) is 3. The Balaban J connectivity index is 1.82. The molecular weight excluding hydrogens is 293 g/mol. The first-order valence-electron chi connectivity index (χ1n) is 6.61. The van der Waals surface area contributed by atoms with Crippen LogP contribution in [0.4, 0.5) is 10.1 Å². The number of ether oxygens (including phenoxy) is 1.